The number of rotatable bonds is 7. The number of thiophene rings is 4. The molecule has 0 radical (unpaired) electrons. The molecule has 32 heavy (non-hydrogen) atoms. The summed E-state index contributed by atoms with van der Waals surface area (Å²) in [5.74, 6) is -0.143. The lowest BCUT2D eigenvalue weighted by atomic mass is 9.99. The van der Waals surface area contributed by atoms with Crippen LogP contribution in [0.4, 0.5) is 0 Å². The highest BCUT2D eigenvalue weighted by atomic mass is 32.2. The van der Waals surface area contributed by atoms with Crippen molar-refractivity contribution in [3.8, 4) is 9.75 Å². The van der Waals surface area contributed by atoms with E-state index in [9.17, 15) is 13.2 Å². The van der Waals surface area contributed by atoms with Crippen LogP contribution in [0.2, 0.25) is 0 Å². The van der Waals surface area contributed by atoms with Crippen LogP contribution in [0.1, 0.15) is 59.6 Å². The van der Waals surface area contributed by atoms with E-state index in [4.69, 9.17) is 0 Å². The Hall–Kier alpha value is -1.26. The van der Waals surface area contributed by atoms with Gasteiger partial charge in [-0.15, -0.1) is 45.3 Å². The molecule has 0 bridgehead atoms. The zero-order chi connectivity index (χ0) is 22.8. The number of nitrogens with zero attached hydrogens (tertiary/aromatic N) is 1. The van der Waals surface area contributed by atoms with Gasteiger partial charge >= 0.3 is 0 Å². The van der Waals surface area contributed by atoms with Gasteiger partial charge in [-0.2, -0.15) is 0 Å². The van der Waals surface area contributed by atoms with Crippen molar-refractivity contribution in [1.82, 2.24) is 4.31 Å². The van der Waals surface area contributed by atoms with E-state index in [2.05, 4.69) is 32.9 Å². The van der Waals surface area contributed by atoms with Gasteiger partial charge in [-0.25, -0.2) is 12.7 Å². The maximum atomic E-state index is 13.5. The van der Waals surface area contributed by atoms with Gasteiger partial charge in [0.15, 0.2) is 0 Å². The zero-order valence-corrected chi connectivity index (χ0v) is 22.6. The Bertz CT molecular complexity index is 1450. The molecule has 9 heteroatoms. The van der Waals surface area contributed by atoms with Gasteiger partial charge in [0.1, 0.15) is 4.90 Å². The Morgan fingerprint density at radius 2 is 1.72 bits per heavy atom. The normalized spacial score (nSPS) is 16.5. The summed E-state index contributed by atoms with van der Waals surface area (Å²) in [5, 5.41) is 0. The standard InChI is InChI=1S/C23H25NO3S5/c1-5-7-8-14(6-2)11-24-23(25)18-19(29-13(4)22(18)32(24,26)27)16-10-17-21(31-16)20-15(30-17)9-12(3)28-20/h9-10,14H,5-8,11H2,1-4H3. The molecule has 0 saturated heterocycles. The molecule has 0 N–H and O–H groups in total. The fraction of sp³-hybridized carbons (Fsp3) is 0.435. The van der Waals surface area contributed by atoms with Gasteiger partial charge < -0.3 is 0 Å². The van der Waals surface area contributed by atoms with Crippen LogP contribution in [0.15, 0.2) is 17.0 Å². The van der Waals surface area contributed by atoms with Crippen LogP contribution in [-0.2, 0) is 10.0 Å². The quantitative estimate of drug-likeness (QED) is 0.247. The largest absolute Gasteiger partial charge is 0.270 e. The number of hydrogen-bond donors (Lipinski definition) is 0. The topological polar surface area (TPSA) is 54.5 Å². The molecule has 1 aliphatic heterocycles. The van der Waals surface area contributed by atoms with Crippen molar-refractivity contribution >= 4 is 80.1 Å². The van der Waals surface area contributed by atoms with E-state index >= 15 is 0 Å². The monoisotopic (exact) mass is 523 g/mol. The maximum Gasteiger partial charge on any atom is 0.270 e. The molecular weight excluding hydrogens is 499 g/mol. The van der Waals surface area contributed by atoms with Crippen molar-refractivity contribution in [1.29, 1.82) is 0 Å². The fourth-order valence-electron chi connectivity index (χ4n) is 4.45. The van der Waals surface area contributed by atoms with Gasteiger partial charge in [-0.3, -0.25) is 4.79 Å². The highest BCUT2D eigenvalue weighted by molar-refractivity contribution is 7.90. The summed E-state index contributed by atoms with van der Waals surface area (Å²) in [6.45, 7) is 8.44. The van der Waals surface area contributed by atoms with Crippen LogP contribution in [0, 0.1) is 19.8 Å². The molecule has 1 unspecified atom stereocenters. The zero-order valence-electron chi connectivity index (χ0n) is 18.5. The summed E-state index contributed by atoms with van der Waals surface area (Å²) in [6, 6.07) is 4.36. The van der Waals surface area contributed by atoms with E-state index in [1.165, 1.54) is 35.0 Å². The van der Waals surface area contributed by atoms with E-state index in [1.807, 2.05) is 6.92 Å². The minimum Gasteiger partial charge on any atom is -0.268 e. The molecule has 5 rings (SSSR count). The number of carbonyl (C=O) groups excluding carboxylic acids is 1. The summed E-state index contributed by atoms with van der Waals surface area (Å²) >= 11 is 6.68. The number of aryl methyl sites for hydroxylation is 2. The molecule has 1 aliphatic rings. The van der Waals surface area contributed by atoms with Gasteiger partial charge in [-0.1, -0.05) is 33.1 Å². The second-order valence-electron chi connectivity index (χ2n) is 8.41. The smallest absolute Gasteiger partial charge is 0.268 e. The van der Waals surface area contributed by atoms with Crippen LogP contribution >= 0.6 is 45.3 Å². The second kappa shape index (κ2) is 8.20. The molecule has 4 aromatic rings. The lowest BCUT2D eigenvalue weighted by Crippen LogP contribution is -2.35. The summed E-state index contributed by atoms with van der Waals surface area (Å²) < 4.78 is 33.0. The van der Waals surface area contributed by atoms with Gasteiger partial charge in [0, 0.05) is 30.6 Å². The summed E-state index contributed by atoms with van der Waals surface area (Å²) in [7, 11) is -3.79. The van der Waals surface area contributed by atoms with Gasteiger partial charge in [0.05, 0.1) is 19.8 Å². The van der Waals surface area contributed by atoms with E-state index in [0.717, 1.165) is 39.7 Å². The van der Waals surface area contributed by atoms with Crippen LogP contribution in [-0.4, -0.2) is 25.2 Å². The number of fused-ring (bicyclic) bond motifs is 4. The third-order valence-electron chi connectivity index (χ3n) is 6.15. The number of carbonyl (C=O) groups is 1. The molecular formula is C23H25NO3S5. The minimum absolute atomic E-state index is 0.201. The molecule has 5 heterocycles. The predicted octanol–water partition coefficient (Wildman–Crippen LogP) is 7.88. The number of unbranched alkanes of at least 4 members (excludes halogenated alkanes) is 1. The Labute approximate surface area is 204 Å². The average molecular weight is 524 g/mol. The first-order valence-corrected chi connectivity index (χ1v) is 15.6. The molecule has 1 amide bonds. The summed E-state index contributed by atoms with van der Waals surface area (Å²) in [4.78, 5) is 17.5. The number of hydrogen-bond acceptors (Lipinski definition) is 7. The van der Waals surface area contributed by atoms with E-state index in [0.29, 0.717) is 10.4 Å². The maximum absolute atomic E-state index is 13.5. The van der Waals surface area contributed by atoms with Crippen molar-refractivity contribution in [3.63, 3.8) is 0 Å². The SMILES string of the molecule is CCCCC(CC)CN1C(=O)c2c(-c3cc4sc5cc(C)sc5c4s3)sc(C)c2S1(=O)=O. The summed E-state index contributed by atoms with van der Waals surface area (Å²) in [5.41, 5.74) is 0.394. The Morgan fingerprint density at radius 1 is 1.00 bits per heavy atom. The molecule has 0 fully saturated rings. The Kier molecular flexibility index (Phi) is 5.77. The molecule has 0 spiro atoms. The first-order chi connectivity index (χ1) is 15.3. The highest BCUT2D eigenvalue weighted by Crippen LogP contribution is 2.51. The van der Waals surface area contributed by atoms with Gasteiger partial charge in [0.25, 0.3) is 15.9 Å². The first-order valence-electron chi connectivity index (χ1n) is 10.9. The molecule has 0 saturated carbocycles. The van der Waals surface area contributed by atoms with Crippen LogP contribution < -0.4 is 0 Å². The van der Waals surface area contributed by atoms with E-state index < -0.39 is 10.0 Å². The van der Waals surface area contributed by atoms with Crippen LogP contribution in [0.5, 0.6) is 0 Å². The molecule has 0 aliphatic carbocycles. The van der Waals surface area contributed by atoms with E-state index in [-0.39, 0.29) is 23.3 Å². The molecule has 170 valence electrons. The highest BCUT2D eigenvalue weighted by Gasteiger charge is 2.46. The van der Waals surface area contributed by atoms with Crippen molar-refractivity contribution in [3.05, 3.63) is 27.5 Å². The number of amides is 1. The van der Waals surface area contributed by atoms with Gasteiger partial charge in [0.2, 0.25) is 0 Å². The van der Waals surface area contributed by atoms with Crippen molar-refractivity contribution in [2.75, 3.05) is 6.54 Å². The van der Waals surface area contributed by atoms with Crippen LogP contribution in [0.3, 0.4) is 0 Å². The van der Waals surface area contributed by atoms with Gasteiger partial charge in [-0.05, 0) is 38.3 Å². The van der Waals surface area contributed by atoms with Crippen LogP contribution in [0.25, 0.3) is 28.6 Å². The number of sulfonamides is 1. The third kappa shape index (κ3) is 3.39. The Balaban J connectivity index is 1.57. The molecule has 0 aromatic carbocycles. The fourth-order valence-corrected chi connectivity index (χ4v) is 11.8. The third-order valence-corrected chi connectivity index (χ3v) is 13.2. The average Bonchev–Trinajstić information content (AvgIpc) is 3.49. The van der Waals surface area contributed by atoms with Crippen molar-refractivity contribution in [2.45, 2.75) is 58.3 Å². The van der Waals surface area contributed by atoms with Crippen molar-refractivity contribution in [2.24, 2.45) is 5.92 Å². The minimum atomic E-state index is -3.79. The summed E-state index contributed by atoms with van der Waals surface area (Å²) in [6.07, 6.45) is 3.94. The lowest BCUT2D eigenvalue weighted by molar-refractivity contribution is 0.0855. The second-order valence-corrected chi connectivity index (χ2v) is 14.8. The van der Waals surface area contributed by atoms with Crippen molar-refractivity contribution < 1.29 is 13.2 Å². The first kappa shape index (κ1) is 22.5. The lowest BCUT2D eigenvalue weighted by Gasteiger charge is -2.22. The molecule has 4 aromatic heterocycles. The molecule has 1 atom stereocenters. The van der Waals surface area contributed by atoms with E-state index in [1.54, 1.807) is 34.0 Å². The molecule has 4 nitrogen and oxygen atoms in total. The predicted molar refractivity (Wildman–Crippen MR) is 139 cm³/mol. The Morgan fingerprint density at radius 3 is 2.44 bits per heavy atom.